The molecule has 0 fully saturated rings. The lowest BCUT2D eigenvalue weighted by atomic mass is 10.2. The number of anilines is 1. The number of carbonyl (C=O) groups excluding carboxylic acids is 1. The maximum atomic E-state index is 12.7. The summed E-state index contributed by atoms with van der Waals surface area (Å²) in [5.74, 6) is -0.604. The lowest BCUT2D eigenvalue weighted by molar-refractivity contribution is -0.137. The summed E-state index contributed by atoms with van der Waals surface area (Å²) in [6.45, 7) is -0.727. The molecule has 1 heterocycles. The highest BCUT2D eigenvalue weighted by Gasteiger charge is 2.31. The largest absolute Gasteiger partial charge is 0.481 e. The molecule has 2 aromatic rings. The average Bonchev–Trinajstić information content (AvgIpc) is 2.64. The van der Waals surface area contributed by atoms with Crippen molar-refractivity contribution in [2.24, 2.45) is 0 Å². The Labute approximate surface area is 152 Å². The van der Waals surface area contributed by atoms with Gasteiger partial charge in [0, 0.05) is 12.3 Å². The standard InChI is InChI=1S/C14H14F3N5O4S/c1-26-12-5-6-18-13(20-12)22-21-11(23)8-19-27(24,25)10-4-2-3-9(7-10)14(15,16)17/h2-7,19H,8H2,1H3,(H,21,23)(H,18,20,22). The number of hydrazine groups is 1. The summed E-state index contributed by atoms with van der Waals surface area (Å²) in [5, 5.41) is 0. The number of halogens is 3. The summed E-state index contributed by atoms with van der Waals surface area (Å²) in [4.78, 5) is 18.7. The molecule has 1 aromatic heterocycles. The normalized spacial score (nSPS) is 11.7. The Hall–Kier alpha value is -2.93. The molecule has 0 unspecified atom stereocenters. The van der Waals surface area contributed by atoms with Gasteiger partial charge < -0.3 is 4.74 Å². The Morgan fingerprint density at radius 2 is 2.00 bits per heavy atom. The minimum atomic E-state index is -4.69. The van der Waals surface area contributed by atoms with Crippen LogP contribution in [0, 0.1) is 0 Å². The number of benzene rings is 1. The maximum absolute atomic E-state index is 12.7. The molecule has 0 spiro atoms. The molecule has 2 rings (SSSR count). The predicted octanol–water partition coefficient (Wildman–Crippen LogP) is 0.926. The van der Waals surface area contributed by atoms with E-state index in [-0.39, 0.29) is 11.8 Å². The molecule has 3 N–H and O–H groups in total. The van der Waals surface area contributed by atoms with E-state index in [1.807, 2.05) is 4.72 Å². The van der Waals surface area contributed by atoms with Gasteiger partial charge in [-0.3, -0.25) is 15.6 Å². The SMILES string of the molecule is COc1ccnc(NNC(=O)CNS(=O)(=O)c2cccc(C(F)(F)F)c2)n1. The fraction of sp³-hybridized carbons (Fsp3) is 0.214. The second-order valence-corrected chi connectivity index (χ2v) is 6.71. The van der Waals surface area contributed by atoms with Crippen LogP contribution in [-0.4, -0.2) is 37.9 Å². The molecule has 27 heavy (non-hydrogen) atoms. The third-order valence-electron chi connectivity index (χ3n) is 3.05. The van der Waals surface area contributed by atoms with Gasteiger partial charge in [0.25, 0.3) is 5.91 Å². The summed E-state index contributed by atoms with van der Waals surface area (Å²) in [6.07, 6.45) is -3.33. The van der Waals surface area contributed by atoms with E-state index in [1.165, 1.54) is 19.4 Å². The van der Waals surface area contributed by atoms with E-state index in [2.05, 4.69) is 20.8 Å². The van der Waals surface area contributed by atoms with Crippen LogP contribution in [0.2, 0.25) is 0 Å². The van der Waals surface area contributed by atoms with Crippen molar-refractivity contribution < 1.29 is 31.1 Å². The van der Waals surface area contributed by atoms with Crippen LogP contribution in [0.3, 0.4) is 0 Å². The molecule has 1 aromatic carbocycles. The molecule has 0 aliphatic carbocycles. The number of amides is 1. The summed E-state index contributed by atoms with van der Waals surface area (Å²) < 4.78 is 68.9. The lowest BCUT2D eigenvalue weighted by Crippen LogP contribution is -2.39. The Balaban J connectivity index is 1.95. The summed E-state index contributed by atoms with van der Waals surface area (Å²) in [7, 11) is -2.94. The first-order valence-electron chi connectivity index (χ1n) is 7.20. The van der Waals surface area contributed by atoms with Crippen molar-refractivity contribution in [3.8, 4) is 5.88 Å². The fourth-order valence-corrected chi connectivity index (χ4v) is 2.80. The number of nitrogens with zero attached hydrogens (tertiary/aromatic N) is 2. The predicted molar refractivity (Wildman–Crippen MR) is 87.0 cm³/mol. The van der Waals surface area contributed by atoms with Crippen molar-refractivity contribution in [3.63, 3.8) is 0 Å². The van der Waals surface area contributed by atoms with Crippen LogP contribution in [0.1, 0.15) is 5.56 Å². The number of alkyl halides is 3. The molecule has 9 nitrogen and oxygen atoms in total. The van der Waals surface area contributed by atoms with Crippen LogP contribution < -0.4 is 20.3 Å². The molecule has 0 saturated carbocycles. The smallest absolute Gasteiger partial charge is 0.416 e. The third-order valence-corrected chi connectivity index (χ3v) is 4.45. The van der Waals surface area contributed by atoms with Gasteiger partial charge in [0.15, 0.2) is 0 Å². The molecule has 1 amide bonds. The fourth-order valence-electron chi connectivity index (χ4n) is 1.77. The van der Waals surface area contributed by atoms with Gasteiger partial charge in [0.2, 0.25) is 21.9 Å². The number of rotatable bonds is 7. The zero-order valence-electron chi connectivity index (χ0n) is 13.7. The van der Waals surface area contributed by atoms with E-state index < -0.39 is 39.1 Å². The van der Waals surface area contributed by atoms with Crippen LogP contribution in [-0.2, 0) is 21.0 Å². The maximum Gasteiger partial charge on any atom is 0.416 e. The van der Waals surface area contributed by atoms with Gasteiger partial charge in [-0.05, 0) is 18.2 Å². The molecular weight excluding hydrogens is 391 g/mol. The molecule has 0 aliphatic rings. The van der Waals surface area contributed by atoms with E-state index in [1.54, 1.807) is 0 Å². The molecule has 0 saturated heterocycles. The Kier molecular flexibility index (Phi) is 6.17. The van der Waals surface area contributed by atoms with Crippen molar-refractivity contribution in [1.82, 2.24) is 20.1 Å². The van der Waals surface area contributed by atoms with Crippen molar-refractivity contribution in [3.05, 3.63) is 42.1 Å². The van der Waals surface area contributed by atoms with E-state index in [0.29, 0.717) is 6.07 Å². The molecule has 0 atom stereocenters. The molecule has 0 radical (unpaired) electrons. The van der Waals surface area contributed by atoms with Gasteiger partial charge in [-0.1, -0.05) is 6.07 Å². The average molecular weight is 405 g/mol. The van der Waals surface area contributed by atoms with E-state index in [0.717, 1.165) is 18.2 Å². The number of sulfonamides is 1. The van der Waals surface area contributed by atoms with E-state index in [4.69, 9.17) is 4.74 Å². The van der Waals surface area contributed by atoms with Gasteiger partial charge >= 0.3 is 6.18 Å². The third kappa shape index (κ3) is 5.79. The molecule has 146 valence electrons. The number of hydrogen-bond acceptors (Lipinski definition) is 7. The van der Waals surface area contributed by atoms with Crippen LogP contribution in [0.25, 0.3) is 0 Å². The van der Waals surface area contributed by atoms with Crippen molar-refractivity contribution in [2.75, 3.05) is 19.1 Å². The number of hydrogen-bond donors (Lipinski definition) is 3. The molecule has 13 heteroatoms. The Bertz CT molecular complexity index is 921. The second kappa shape index (κ2) is 8.18. The first-order valence-corrected chi connectivity index (χ1v) is 8.69. The van der Waals surface area contributed by atoms with Gasteiger partial charge in [-0.25, -0.2) is 18.1 Å². The zero-order chi connectivity index (χ0) is 20.1. The molecule has 0 bridgehead atoms. The van der Waals surface area contributed by atoms with Crippen molar-refractivity contribution >= 4 is 21.9 Å². The van der Waals surface area contributed by atoms with E-state index >= 15 is 0 Å². The zero-order valence-corrected chi connectivity index (χ0v) is 14.6. The lowest BCUT2D eigenvalue weighted by Gasteiger charge is -2.11. The first kappa shape index (κ1) is 20.4. The summed E-state index contributed by atoms with van der Waals surface area (Å²) >= 11 is 0. The molecular formula is C14H14F3N5O4S. The number of ether oxygens (including phenoxy) is 1. The highest BCUT2D eigenvalue weighted by molar-refractivity contribution is 7.89. The number of aromatic nitrogens is 2. The number of methoxy groups -OCH3 is 1. The van der Waals surface area contributed by atoms with Gasteiger partial charge in [-0.2, -0.15) is 18.2 Å². The highest BCUT2D eigenvalue weighted by Crippen LogP contribution is 2.30. The monoisotopic (exact) mass is 405 g/mol. The van der Waals surface area contributed by atoms with Gasteiger partial charge in [0.1, 0.15) is 0 Å². The van der Waals surface area contributed by atoms with Crippen LogP contribution in [0.5, 0.6) is 5.88 Å². The van der Waals surface area contributed by atoms with Gasteiger partial charge in [-0.15, -0.1) is 0 Å². The van der Waals surface area contributed by atoms with Crippen LogP contribution in [0.15, 0.2) is 41.4 Å². The minimum absolute atomic E-state index is 0.0107. The van der Waals surface area contributed by atoms with Crippen molar-refractivity contribution in [2.45, 2.75) is 11.1 Å². The topological polar surface area (TPSA) is 122 Å². The van der Waals surface area contributed by atoms with E-state index in [9.17, 15) is 26.4 Å². The Morgan fingerprint density at radius 1 is 1.26 bits per heavy atom. The summed E-state index contributed by atoms with van der Waals surface area (Å²) in [6, 6.07) is 4.62. The summed E-state index contributed by atoms with van der Waals surface area (Å²) in [5.41, 5.74) is 3.35. The quantitative estimate of drug-likeness (QED) is 0.586. The number of carbonyl (C=O) groups is 1. The second-order valence-electron chi connectivity index (χ2n) is 4.95. The van der Waals surface area contributed by atoms with Gasteiger partial charge in [0.05, 0.1) is 24.1 Å². The number of nitrogens with one attached hydrogen (secondary N) is 3. The minimum Gasteiger partial charge on any atom is -0.481 e. The van der Waals surface area contributed by atoms with Crippen LogP contribution >= 0.6 is 0 Å². The van der Waals surface area contributed by atoms with Crippen molar-refractivity contribution in [1.29, 1.82) is 0 Å². The highest BCUT2D eigenvalue weighted by atomic mass is 32.2. The Morgan fingerprint density at radius 3 is 2.67 bits per heavy atom. The first-order chi connectivity index (χ1) is 12.6. The molecule has 0 aliphatic heterocycles. The van der Waals surface area contributed by atoms with Crippen LogP contribution in [0.4, 0.5) is 19.1 Å².